The average molecular weight is 611 g/mol. The Balaban J connectivity index is 0.000000926. The summed E-state index contributed by atoms with van der Waals surface area (Å²) >= 11 is 0.537. The number of carbonyl (C=O) groups is 1. The Morgan fingerprint density at radius 1 is 1.08 bits per heavy atom. The molecule has 0 aliphatic carbocycles. The fourth-order valence-corrected chi connectivity index (χ4v) is 5.89. The number of hydrogen-bond donors (Lipinski definition) is 2. The van der Waals surface area contributed by atoms with Crippen LogP contribution in [0.5, 0.6) is 0 Å². The monoisotopic (exact) mass is 610 g/mol. The minimum atomic E-state index is -4.94. The maximum atomic E-state index is 12.6. The van der Waals surface area contributed by atoms with E-state index in [1.54, 1.807) is 0 Å². The Bertz CT molecular complexity index is 1580. The van der Waals surface area contributed by atoms with Gasteiger partial charge in [-0.3, -0.25) is 4.79 Å². The maximum Gasteiger partial charge on any atom is 0.290 e. The molecule has 1 amide bonds. The highest BCUT2D eigenvalue weighted by atomic mass is 35.7. The van der Waals surface area contributed by atoms with E-state index < -0.39 is 34.6 Å². The number of aromatic nitrogens is 3. The quantitative estimate of drug-likeness (QED) is 0.253. The molecule has 0 spiro atoms. The zero-order valence-corrected chi connectivity index (χ0v) is 23.5. The Hall–Kier alpha value is -2.81. The van der Waals surface area contributed by atoms with Gasteiger partial charge in [-0.2, -0.15) is 13.0 Å². The van der Waals surface area contributed by atoms with Crippen molar-refractivity contribution in [3.05, 3.63) is 58.2 Å². The van der Waals surface area contributed by atoms with Crippen LogP contribution in [0.15, 0.2) is 50.0 Å². The molecule has 15 nitrogen and oxygen atoms in total. The Kier molecular flexibility index (Phi) is 9.86. The Morgan fingerprint density at radius 2 is 1.58 bits per heavy atom. The molecule has 0 saturated heterocycles. The van der Waals surface area contributed by atoms with E-state index in [4.69, 9.17) is 23.8 Å². The molecule has 2 aromatic heterocycles. The molecule has 0 bridgehead atoms. The first-order valence-corrected chi connectivity index (χ1v) is 15.2. The lowest BCUT2D eigenvalue weighted by Gasteiger charge is -2.17. The fourth-order valence-electron chi connectivity index (χ4n) is 3.12. The van der Waals surface area contributed by atoms with Crippen molar-refractivity contribution in [2.75, 3.05) is 5.32 Å². The summed E-state index contributed by atoms with van der Waals surface area (Å²) in [4.78, 5) is 12.2. The molecule has 0 atom stereocenters. The molecule has 1 aromatic carbocycles. The van der Waals surface area contributed by atoms with Crippen LogP contribution in [0.1, 0.15) is 17.0 Å². The summed E-state index contributed by atoms with van der Waals surface area (Å²) in [6, 6.07) is 9.46. The Morgan fingerprint density at radius 3 is 2.03 bits per heavy atom. The van der Waals surface area contributed by atoms with Crippen LogP contribution in [0.25, 0.3) is 0 Å². The SMILES string of the molecule is Cc1cc(C)[n+](CC(=O)Nc2ccc(S(=O)(=O)/N=c3\sc(S(N)(=O)=O)nn3C)cc2)c(C)c1.[O-][Cl+3]([O-])([O-])[O-]. The van der Waals surface area contributed by atoms with Crippen molar-refractivity contribution in [1.82, 2.24) is 9.78 Å². The predicted molar refractivity (Wildman–Crippen MR) is 121 cm³/mol. The number of rotatable bonds is 6. The van der Waals surface area contributed by atoms with E-state index in [2.05, 4.69) is 14.8 Å². The van der Waals surface area contributed by atoms with Crippen molar-refractivity contribution in [3.8, 4) is 0 Å². The van der Waals surface area contributed by atoms with Gasteiger partial charge in [-0.05, 0) is 36.8 Å². The van der Waals surface area contributed by atoms with Gasteiger partial charge in [0.25, 0.3) is 26.0 Å². The molecule has 3 N–H and O–H groups in total. The third kappa shape index (κ3) is 9.49. The van der Waals surface area contributed by atoms with Crippen LogP contribution >= 0.6 is 11.3 Å². The van der Waals surface area contributed by atoms with Crippen molar-refractivity contribution >= 4 is 43.0 Å². The van der Waals surface area contributed by atoms with Gasteiger partial charge < -0.3 is 5.32 Å². The van der Waals surface area contributed by atoms with Gasteiger partial charge in [0.15, 0.2) is 11.4 Å². The third-order valence-corrected chi connectivity index (χ3v) is 8.30. The summed E-state index contributed by atoms with van der Waals surface area (Å²) in [6.07, 6.45) is 0. The van der Waals surface area contributed by atoms with Crippen LogP contribution in [-0.2, 0) is 38.4 Å². The number of nitrogens with one attached hydrogen (secondary N) is 1. The molecule has 0 radical (unpaired) electrons. The number of benzene rings is 1. The summed E-state index contributed by atoms with van der Waals surface area (Å²) in [5, 5.41) is 11.4. The number of primary sulfonamides is 1. The number of anilines is 1. The lowest BCUT2D eigenvalue weighted by atomic mass is 10.2. The molecule has 3 rings (SSSR count). The molecule has 0 unspecified atom stereocenters. The van der Waals surface area contributed by atoms with E-state index >= 15 is 0 Å². The minimum Gasteiger partial charge on any atom is -0.321 e. The Labute approximate surface area is 224 Å². The third-order valence-electron chi connectivity index (χ3n) is 4.59. The number of amides is 1. The number of nitrogens with zero attached hydrogens (tertiary/aromatic N) is 4. The van der Waals surface area contributed by atoms with Crippen molar-refractivity contribution in [3.63, 3.8) is 0 Å². The molecular weight excluding hydrogens is 588 g/mol. The molecule has 0 saturated carbocycles. The van der Waals surface area contributed by atoms with E-state index in [0.717, 1.165) is 21.6 Å². The van der Waals surface area contributed by atoms with Gasteiger partial charge in [0.05, 0.1) is 4.90 Å². The largest absolute Gasteiger partial charge is 0.321 e. The average Bonchev–Trinajstić information content (AvgIpc) is 3.10. The van der Waals surface area contributed by atoms with Crippen LogP contribution in [0.3, 0.4) is 0 Å². The molecule has 0 aliphatic rings. The van der Waals surface area contributed by atoms with E-state index in [1.807, 2.05) is 37.5 Å². The smallest absolute Gasteiger partial charge is 0.290 e. The molecule has 19 heteroatoms. The highest BCUT2D eigenvalue weighted by molar-refractivity contribution is 7.91. The maximum absolute atomic E-state index is 12.6. The molecule has 208 valence electrons. The van der Waals surface area contributed by atoms with Crippen LogP contribution in [0.2, 0.25) is 0 Å². The van der Waals surface area contributed by atoms with Crippen molar-refractivity contribution in [2.24, 2.45) is 16.6 Å². The van der Waals surface area contributed by atoms with Gasteiger partial charge in [-0.15, -0.1) is 19.7 Å². The first-order valence-electron chi connectivity index (χ1n) is 10.1. The second kappa shape index (κ2) is 11.9. The van der Waals surface area contributed by atoms with Crippen LogP contribution < -0.4 is 38.5 Å². The molecular formula is C19H23ClN6O9S3. The molecule has 38 heavy (non-hydrogen) atoms. The molecule has 2 heterocycles. The summed E-state index contributed by atoms with van der Waals surface area (Å²) in [5.41, 5.74) is 3.43. The topological polar surface area (TPSA) is 250 Å². The van der Waals surface area contributed by atoms with Gasteiger partial charge >= 0.3 is 0 Å². The fraction of sp³-hybridized carbons (Fsp3) is 0.263. The molecule has 3 aromatic rings. The van der Waals surface area contributed by atoms with Crippen LogP contribution in [-0.4, -0.2) is 32.5 Å². The first-order chi connectivity index (χ1) is 17.3. The normalized spacial score (nSPS) is 12.6. The van der Waals surface area contributed by atoms with Gasteiger partial charge in [0.2, 0.25) is 15.7 Å². The second-order valence-electron chi connectivity index (χ2n) is 7.74. The molecule has 0 aliphatic heterocycles. The summed E-state index contributed by atoms with van der Waals surface area (Å²) in [6.45, 7) is 5.94. The van der Waals surface area contributed by atoms with Gasteiger partial charge in [0, 0.05) is 38.7 Å². The number of carbonyl (C=O) groups excluding carboxylic acids is 1. The number of pyridine rings is 1. The van der Waals surface area contributed by atoms with E-state index in [-0.39, 0.29) is 22.1 Å². The van der Waals surface area contributed by atoms with Crippen molar-refractivity contribution < 1.29 is 55.1 Å². The highest BCUT2D eigenvalue weighted by Crippen LogP contribution is 2.16. The number of sulfonamides is 2. The van der Waals surface area contributed by atoms with Crippen molar-refractivity contribution in [1.29, 1.82) is 0 Å². The lowest BCUT2D eigenvalue weighted by molar-refractivity contribution is -2.00. The second-order valence-corrected chi connectivity index (χ2v) is 12.8. The van der Waals surface area contributed by atoms with E-state index in [9.17, 15) is 21.6 Å². The summed E-state index contributed by atoms with van der Waals surface area (Å²) in [7, 11) is -11.8. The minimum absolute atomic E-state index is 0.113. The number of halogens is 1. The highest BCUT2D eigenvalue weighted by Gasteiger charge is 2.19. The number of nitrogens with two attached hydrogens (primary N) is 1. The number of hydrogen-bond acceptors (Lipinski definition) is 11. The zero-order chi connectivity index (χ0) is 29.1. The van der Waals surface area contributed by atoms with E-state index in [0.29, 0.717) is 17.0 Å². The van der Waals surface area contributed by atoms with Crippen LogP contribution in [0, 0.1) is 31.0 Å². The van der Waals surface area contributed by atoms with Crippen molar-refractivity contribution in [2.45, 2.75) is 36.6 Å². The summed E-state index contributed by atoms with van der Waals surface area (Å²) < 4.78 is 88.1. The molecule has 0 fully saturated rings. The van der Waals surface area contributed by atoms with Gasteiger partial charge in [-0.25, -0.2) is 36.9 Å². The zero-order valence-electron chi connectivity index (χ0n) is 20.3. The van der Waals surface area contributed by atoms with E-state index in [1.165, 1.54) is 31.3 Å². The van der Waals surface area contributed by atoms with Crippen LogP contribution in [0.4, 0.5) is 5.69 Å². The summed E-state index contributed by atoms with van der Waals surface area (Å²) in [5.74, 6) is -0.262. The van der Waals surface area contributed by atoms with Gasteiger partial charge in [-0.1, -0.05) is 11.3 Å². The number of aryl methyl sites for hydroxylation is 4. The first kappa shape index (κ1) is 31.4. The van der Waals surface area contributed by atoms with Gasteiger partial charge in [0.1, 0.15) is 0 Å². The standard InChI is InChI=1S/C19H22N6O5S3.ClHO4/c1-12-9-13(2)25(14(3)10-12)11-17(26)21-15-5-7-16(8-6-15)33(29,30)23-18-24(4)22-19(31-18)32(20,27)28;2-1(3,4)5/h5-10H,11H2,1-4H3,(H2-,20,21,26,27,28);(H,2,3,4,5)/b23-18-;. The lowest BCUT2D eigenvalue weighted by Crippen LogP contribution is -2.68. The predicted octanol–water partition coefficient (Wildman–Crippen LogP) is -4.49.